The third kappa shape index (κ3) is 8.99. The van der Waals surface area contributed by atoms with E-state index in [-0.39, 0.29) is 17.5 Å². The van der Waals surface area contributed by atoms with Gasteiger partial charge >= 0.3 is 17.9 Å². The van der Waals surface area contributed by atoms with Crippen molar-refractivity contribution in [3.8, 4) is 23.0 Å². The molecule has 2 bridgehead atoms. The highest BCUT2D eigenvalue weighted by atomic mass is 16.5. The summed E-state index contributed by atoms with van der Waals surface area (Å²) in [6, 6.07) is 13.7. The predicted molar refractivity (Wildman–Crippen MR) is 177 cm³/mol. The van der Waals surface area contributed by atoms with Crippen LogP contribution in [0.3, 0.4) is 0 Å². The maximum atomic E-state index is 13.1. The minimum atomic E-state index is -0.536. The van der Waals surface area contributed by atoms with Crippen LogP contribution in [-0.4, -0.2) is 42.7 Å². The summed E-state index contributed by atoms with van der Waals surface area (Å²) in [4.78, 5) is 41.5. The molecule has 2 atom stereocenters. The Labute approximate surface area is 276 Å². The molecule has 0 aliphatic heterocycles. The van der Waals surface area contributed by atoms with Crippen molar-refractivity contribution in [1.82, 2.24) is 4.98 Å². The van der Waals surface area contributed by atoms with Gasteiger partial charge < -0.3 is 23.7 Å². The van der Waals surface area contributed by atoms with Crippen molar-refractivity contribution in [3.63, 3.8) is 0 Å². The highest BCUT2D eigenvalue weighted by Gasteiger charge is 2.42. The average molecular weight is 642 g/mol. The molecule has 2 aliphatic carbocycles. The van der Waals surface area contributed by atoms with Gasteiger partial charge in [0.25, 0.3) is 0 Å². The molecule has 0 radical (unpaired) electrons. The zero-order valence-corrected chi connectivity index (χ0v) is 27.0. The van der Waals surface area contributed by atoms with Crippen molar-refractivity contribution in [2.24, 2.45) is 0 Å². The van der Waals surface area contributed by atoms with Gasteiger partial charge in [0.2, 0.25) is 0 Å². The number of ether oxygens (including phenoxy) is 5. The number of rotatable bonds is 18. The molecule has 5 rings (SSSR count). The number of benzene rings is 2. The Morgan fingerprint density at radius 1 is 0.745 bits per heavy atom. The topological polar surface area (TPSA) is 110 Å². The molecular weight excluding hydrogens is 598 g/mol. The van der Waals surface area contributed by atoms with Crippen LogP contribution < -0.4 is 18.9 Å². The lowest BCUT2D eigenvalue weighted by Crippen LogP contribution is -2.15. The van der Waals surface area contributed by atoms with Gasteiger partial charge in [-0.2, -0.15) is 0 Å². The van der Waals surface area contributed by atoms with Gasteiger partial charge in [-0.05, 0) is 112 Å². The minimum Gasteiger partial charge on any atom is -0.494 e. The molecule has 1 aromatic heterocycles. The van der Waals surface area contributed by atoms with Crippen LogP contribution in [0, 0.1) is 0 Å². The van der Waals surface area contributed by atoms with Gasteiger partial charge in [-0.3, -0.25) is 0 Å². The zero-order chi connectivity index (χ0) is 33.0. The van der Waals surface area contributed by atoms with Gasteiger partial charge in [0.05, 0.1) is 31.6 Å². The molecule has 2 aliphatic rings. The van der Waals surface area contributed by atoms with Crippen LogP contribution in [0.15, 0.2) is 67.4 Å². The molecule has 1 saturated carbocycles. The van der Waals surface area contributed by atoms with E-state index in [1.54, 1.807) is 54.7 Å². The standard InChI is InChI=1S/C38H43NO8/c1-3-5-8-21-44-30-17-18-31(39-25-30)38(42)47-33-20-19-32(35-27-11-12-28(24-27)36(33)35)46-37(41)26-13-15-29(16-14-26)43-22-9-6-7-10-23-45-34(40)4-2/h4,13-20,25,27-28H,2-3,5-12,21-24H2,1H3. The van der Waals surface area contributed by atoms with E-state index in [0.717, 1.165) is 81.4 Å². The summed E-state index contributed by atoms with van der Waals surface area (Å²) in [7, 11) is 0. The molecule has 0 spiro atoms. The Morgan fingerprint density at radius 2 is 1.34 bits per heavy atom. The van der Waals surface area contributed by atoms with Gasteiger partial charge in [-0.15, -0.1) is 0 Å². The van der Waals surface area contributed by atoms with Crippen molar-refractivity contribution >= 4 is 17.9 Å². The minimum absolute atomic E-state index is 0.203. The van der Waals surface area contributed by atoms with E-state index in [1.165, 1.54) is 0 Å². The third-order valence-electron chi connectivity index (χ3n) is 8.63. The van der Waals surface area contributed by atoms with E-state index >= 15 is 0 Å². The van der Waals surface area contributed by atoms with E-state index in [4.69, 9.17) is 23.7 Å². The van der Waals surface area contributed by atoms with Crippen LogP contribution >= 0.6 is 0 Å². The quantitative estimate of drug-likeness (QED) is 0.0588. The van der Waals surface area contributed by atoms with Gasteiger partial charge in [0, 0.05) is 17.2 Å². The molecule has 0 amide bonds. The van der Waals surface area contributed by atoms with E-state index in [0.29, 0.717) is 48.4 Å². The van der Waals surface area contributed by atoms with E-state index in [9.17, 15) is 14.4 Å². The van der Waals surface area contributed by atoms with Crippen molar-refractivity contribution in [1.29, 1.82) is 0 Å². The highest BCUT2D eigenvalue weighted by Crippen LogP contribution is 2.58. The van der Waals surface area contributed by atoms with Crippen molar-refractivity contribution in [2.75, 3.05) is 19.8 Å². The lowest BCUT2D eigenvalue weighted by atomic mass is 9.90. The Hall–Kier alpha value is -4.66. The zero-order valence-electron chi connectivity index (χ0n) is 27.0. The van der Waals surface area contributed by atoms with Gasteiger partial charge in [-0.25, -0.2) is 19.4 Å². The van der Waals surface area contributed by atoms with E-state index in [2.05, 4.69) is 18.5 Å². The molecule has 9 nitrogen and oxygen atoms in total. The highest BCUT2D eigenvalue weighted by molar-refractivity contribution is 5.92. The lowest BCUT2D eigenvalue weighted by Gasteiger charge is -2.21. The van der Waals surface area contributed by atoms with Crippen LogP contribution in [0.25, 0.3) is 0 Å². The molecule has 2 unspecified atom stereocenters. The first-order chi connectivity index (χ1) is 23.0. The smallest absolute Gasteiger partial charge is 0.362 e. The van der Waals surface area contributed by atoms with Crippen LogP contribution in [0.1, 0.15) is 115 Å². The second-order valence-corrected chi connectivity index (χ2v) is 12.0. The first-order valence-corrected chi connectivity index (χ1v) is 16.7. The van der Waals surface area contributed by atoms with E-state index < -0.39 is 17.9 Å². The van der Waals surface area contributed by atoms with Crippen molar-refractivity contribution in [3.05, 3.63) is 89.8 Å². The normalized spacial score (nSPS) is 15.9. The number of unbranched alkanes of at least 4 members (excludes halogenated alkanes) is 5. The summed E-state index contributed by atoms with van der Waals surface area (Å²) < 4.78 is 28.3. The predicted octanol–water partition coefficient (Wildman–Crippen LogP) is 8.12. The molecular formula is C38H43NO8. The summed E-state index contributed by atoms with van der Waals surface area (Å²) in [5.41, 5.74) is 2.54. The molecule has 248 valence electrons. The fourth-order valence-electron chi connectivity index (χ4n) is 6.23. The Bertz CT molecular complexity index is 1530. The summed E-state index contributed by atoms with van der Waals surface area (Å²) in [5, 5.41) is 0. The largest absolute Gasteiger partial charge is 0.494 e. The molecule has 1 heterocycles. The summed E-state index contributed by atoms with van der Waals surface area (Å²) in [6.45, 7) is 7.08. The molecule has 1 fully saturated rings. The second kappa shape index (κ2) is 16.8. The number of aromatic nitrogens is 1. The number of pyridine rings is 1. The summed E-state index contributed by atoms with van der Waals surface area (Å²) >= 11 is 0. The number of nitrogens with zero attached hydrogens (tertiary/aromatic N) is 1. The van der Waals surface area contributed by atoms with Crippen LogP contribution in [-0.2, 0) is 9.53 Å². The maximum Gasteiger partial charge on any atom is 0.362 e. The number of esters is 3. The monoisotopic (exact) mass is 641 g/mol. The summed E-state index contributed by atoms with van der Waals surface area (Å²) in [5.74, 6) is 1.44. The fraction of sp³-hybridized carbons (Fsp3) is 0.421. The molecule has 9 heteroatoms. The summed E-state index contributed by atoms with van der Waals surface area (Å²) in [6.07, 6.45) is 12.4. The van der Waals surface area contributed by atoms with Crippen molar-refractivity contribution in [2.45, 2.75) is 83.0 Å². The number of carbonyl (C=O) groups excluding carboxylic acids is 3. The Morgan fingerprint density at radius 3 is 1.96 bits per heavy atom. The fourth-order valence-corrected chi connectivity index (χ4v) is 6.23. The number of hydrogen-bond donors (Lipinski definition) is 0. The number of carbonyl (C=O) groups is 3. The molecule has 3 aromatic rings. The lowest BCUT2D eigenvalue weighted by molar-refractivity contribution is -0.137. The third-order valence-corrected chi connectivity index (χ3v) is 8.63. The van der Waals surface area contributed by atoms with Gasteiger partial charge in [0.15, 0.2) is 0 Å². The van der Waals surface area contributed by atoms with Crippen molar-refractivity contribution < 1.29 is 38.1 Å². The SMILES string of the molecule is C=CC(=O)OCCCCCCOc1ccc(C(=O)Oc2ccc(OC(=O)c3ccc(OCCCCC)cn3)c3c2C2CCC3C2)cc1. The van der Waals surface area contributed by atoms with Crippen LogP contribution in [0.2, 0.25) is 0 Å². The molecule has 0 saturated heterocycles. The second-order valence-electron chi connectivity index (χ2n) is 12.0. The Balaban J connectivity index is 1.14. The van der Waals surface area contributed by atoms with E-state index in [1.807, 2.05) is 0 Å². The number of fused-ring (bicyclic) bond motifs is 5. The first kappa shape index (κ1) is 33.7. The average Bonchev–Trinajstić information content (AvgIpc) is 3.73. The molecule has 2 aromatic carbocycles. The van der Waals surface area contributed by atoms with Gasteiger partial charge in [0.1, 0.15) is 28.7 Å². The van der Waals surface area contributed by atoms with Gasteiger partial charge in [-0.1, -0.05) is 26.3 Å². The van der Waals surface area contributed by atoms with Crippen LogP contribution in [0.4, 0.5) is 0 Å². The van der Waals surface area contributed by atoms with Crippen LogP contribution in [0.5, 0.6) is 23.0 Å². The first-order valence-electron chi connectivity index (χ1n) is 16.7. The molecule has 0 N–H and O–H groups in total. The molecule has 47 heavy (non-hydrogen) atoms. The number of hydrogen-bond acceptors (Lipinski definition) is 9. The maximum absolute atomic E-state index is 13.1. The Kier molecular flexibility index (Phi) is 12.0.